The number of hydrogen-bond donors (Lipinski definition) is 0. The fourth-order valence-electron chi connectivity index (χ4n) is 3.33. The van der Waals surface area contributed by atoms with Gasteiger partial charge in [-0.2, -0.15) is 5.10 Å². The molecule has 0 aliphatic rings. The summed E-state index contributed by atoms with van der Waals surface area (Å²) in [4.78, 5) is 25.4. The van der Waals surface area contributed by atoms with Crippen LogP contribution in [0.1, 0.15) is 20.8 Å². The standard InChI is InChI=1S/C25H19FN2O5/c1-31-24(29)20-22(27-28(23(20)25(30)32-2)16-10-5-3-6-11-16)18-14-9-15-19(21(18)26)33-17-12-7-4-8-13-17/h3-15H,1-2H3. The number of rotatable bonds is 6. The van der Waals surface area contributed by atoms with Gasteiger partial charge in [0, 0.05) is 5.56 Å². The van der Waals surface area contributed by atoms with Gasteiger partial charge in [0.25, 0.3) is 0 Å². The molecule has 8 heteroatoms. The van der Waals surface area contributed by atoms with Crippen molar-refractivity contribution < 1.29 is 28.2 Å². The first kappa shape index (κ1) is 21.8. The highest BCUT2D eigenvalue weighted by atomic mass is 19.1. The lowest BCUT2D eigenvalue weighted by Gasteiger charge is -2.10. The van der Waals surface area contributed by atoms with E-state index in [-0.39, 0.29) is 28.3 Å². The maximum absolute atomic E-state index is 15.6. The Hall–Kier alpha value is -4.46. The lowest BCUT2D eigenvalue weighted by molar-refractivity contribution is 0.0549. The molecule has 0 fully saturated rings. The molecule has 1 heterocycles. The van der Waals surface area contributed by atoms with Gasteiger partial charge in [-0.3, -0.25) is 0 Å². The molecule has 0 amide bonds. The Bertz CT molecular complexity index is 1300. The van der Waals surface area contributed by atoms with E-state index in [9.17, 15) is 9.59 Å². The van der Waals surface area contributed by atoms with Crippen molar-refractivity contribution in [2.45, 2.75) is 0 Å². The monoisotopic (exact) mass is 446 g/mol. The zero-order chi connectivity index (χ0) is 23.4. The van der Waals surface area contributed by atoms with Crippen LogP contribution in [0.2, 0.25) is 0 Å². The lowest BCUT2D eigenvalue weighted by Crippen LogP contribution is -2.15. The molecule has 4 aromatic rings. The number of esters is 2. The molecule has 7 nitrogen and oxygen atoms in total. The molecule has 166 valence electrons. The van der Waals surface area contributed by atoms with Gasteiger partial charge in [0.2, 0.25) is 0 Å². The van der Waals surface area contributed by atoms with Crippen molar-refractivity contribution in [1.29, 1.82) is 0 Å². The van der Waals surface area contributed by atoms with E-state index < -0.39 is 17.8 Å². The molecule has 0 N–H and O–H groups in total. The van der Waals surface area contributed by atoms with Gasteiger partial charge in [0.1, 0.15) is 17.0 Å². The molecule has 4 rings (SSSR count). The Morgan fingerprint density at radius 1 is 0.818 bits per heavy atom. The van der Waals surface area contributed by atoms with Gasteiger partial charge in [0.05, 0.1) is 19.9 Å². The van der Waals surface area contributed by atoms with Gasteiger partial charge in [-0.15, -0.1) is 0 Å². The number of carbonyl (C=O) groups is 2. The molecule has 0 aliphatic heterocycles. The van der Waals surface area contributed by atoms with Crippen LogP contribution in [-0.4, -0.2) is 35.9 Å². The Morgan fingerprint density at radius 2 is 1.45 bits per heavy atom. The minimum atomic E-state index is -0.860. The van der Waals surface area contributed by atoms with E-state index >= 15 is 4.39 Å². The third-order valence-corrected chi connectivity index (χ3v) is 4.84. The largest absolute Gasteiger partial charge is 0.465 e. The Morgan fingerprint density at radius 3 is 2.09 bits per heavy atom. The summed E-state index contributed by atoms with van der Waals surface area (Å²) in [6.45, 7) is 0. The predicted molar refractivity (Wildman–Crippen MR) is 118 cm³/mol. The van der Waals surface area contributed by atoms with Crippen LogP contribution in [0.4, 0.5) is 4.39 Å². The summed E-state index contributed by atoms with van der Waals surface area (Å²) in [5.41, 5.74) is -0.0412. The maximum Gasteiger partial charge on any atom is 0.357 e. The van der Waals surface area contributed by atoms with Crippen LogP contribution in [0.5, 0.6) is 11.5 Å². The second-order valence-corrected chi connectivity index (χ2v) is 6.84. The molecule has 0 bridgehead atoms. The van der Waals surface area contributed by atoms with E-state index in [2.05, 4.69) is 5.10 Å². The number of halogens is 1. The van der Waals surface area contributed by atoms with Gasteiger partial charge in [-0.05, 0) is 36.4 Å². The normalized spacial score (nSPS) is 10.5. The average molecular weight is 446 g/mol. The fourth-order valence-corrected chi connectivity index (χ4v) is 3.33. The number of carbonyl (C=O) groups excluding carboxylic acids is 2. The molecule has 1 aromatic heterocycles. The number of benzene rings is 3. The van der Waals surface area contributed by atoms with Crippen LogP contribution in [0.25, 0.3) is 16.9 Å². The van der Waals surface area contributed by atoms with Crippen molar-refractivity contribution >= 4 is 11.9 Å². The number of hydrogen-bond acceptors (Lipinski definition) is 6. The van der Waals surface area contributed by atoms with Crippen molar-refractivity contribution in [3.05, 3.63) is 95.9 Å². The van der Waals surface area contributed by atoms with Crippen molar-refractivity contribution in [2.24, 2.45) is 0 Å². The smallest absolute Gasteiger partial charge is 0.357 e. The van der Waals surface area contributed by atoms with Crippen LogP contribution < -0.4 is 4.74 Å². The highest BCUT2D eigenvalue weighted by Crippen LogP contribution is 2.35. The molecule has 0 aliphatic carbocycles. The molecule has 3 aromatic carbocycles. The second kappa shape index (κ2) is 9.35. The third-order valence-electron chi connectivity index (χ3n) is 4.84. The third kappa shape index (κ3) is 4.18. The predicted octanol–water partition coefficient (Wildman–Crippen LogP) is 5.04. The maximum atomic E-state index is 15.6. The van der Waals surface area contributed by atoms with E-state index in [4.69, 9.17) is 14.2 Å². The summed E-state index contributed by atoms with van der Waals surface area (Å²) >= 11 is 0. The van der Waals surface area contributed by atoms with Crippen LogP contribution in [0.3, 0.4) is 0 Å². The van der Waals surface area contributed by atoms with Gasteiger partial charge < -0.3 is 14.2 Å². The summed E-state index contributed by atoms with van der Waals surface area (Å²) in [6, 6.07) is 21.8. The number of ether oxygens (including phenoxy) is 3. The molecule has 0 saturated heterocycles. The first-order chi connectivity index (χ1) is 16.0. The van der Waals surface area contributed by atoms with Crippen molar-refractivity contribution in [1.82, 2.24) is 9.78 Å². The van der Waals surface area contributed by atoms with Gasteiger partial charge in [-0.1, -0.05) is 42.5 Å². The lowest BCUT2D eigenvalue weighted by atomic mass is 10.0. The fraction of sp³-hybridized carbons (Fsp3) is 0.0800. The van der Waals surface area contributed by atoms with Gasteiger partial charge >= 0.3 is 11.9 Å². The zero-order valence-corrected chi connectivity index (χ0v) is 17.8. The van der Waals surface area contributed by atoms with Gasteiger partial charge in [0.15, 0.2) is 17.3 Å². The zero-order valence-electron chi connectivity index (χ0n) is 17.8. The second-order valence-electron chi connectivity index (χ2n) is 6.84. The molecular weight excluding hydrogens is 427 g/mol. The van der Waals surface area contributed by atoms with Crippen LogP contribution in [0.15, 0.2) is 78.9 Å². The minimum Gasteiger partial charge on any atom is -0.465 e. The number of para-hydroxylation sites is 2. The minimum absolute atomic E-state index is 0.0383. The van der Waals surface area contributed by atoms with E-state index in [1.807, 2.05) is 6.07 Å². The van der Waals surface area contributed by atoms with Crippen molar-refractivity contribution in [2.75, 3.05) is 14.2 Å². The number of nitrogens with zero attached hydrogens (tertiary/aromatic N) is 2. The van der Waals surface area contributed by atoms with E-state index in [1.165, 1.54) is 31.0 Å². The molecule has 0 radical (unpaired) electrons. The first-order valence-corrected chi connectivity index (χ1v) is 9.92. The Kier molecular flexibility index (Phi) is 6.17. The number of methoxy groups -OCH3 is 2. The van der Waals surface area contributed by atoms with Gasteiger partial charge in [-0.25, -0.2) is 18.7 Å². The topological polar surface area (TPSA) is 79.7 Å². The van der Waals surface area contributed by atoms with Crippen molar-refractivity contribution in [3.8, 4) is 28.4 Å². The highest BCUT2D eigenvalue weighted by molar-refractivity contribution is 6.06. The molecule has 0 atom stereocenters. The number of aromatic nitrogens is 2. The molecule has 33 heavy (non-hydrogen) atoms. The Labute approximate surface area is 188 Å². The SMILES string of the molecule is COC(=O)c1c(-c2cccc(Oc3ccccc3)c2F)nn(-c2ccccc2)c1C(=O)OC. The summed E-state index contributed by atoms with van der Waals surface area (Å²) in [5.74, 6) is -2.06. The average Bonchev–Trinajstić information content (AvgIpc) is 3.26. The first-order valence-electron chi connectivity index (χ1n) is 9.92. The van der Waals surface area contributed by atoms with Crippen LogP contribution in [0, 0.1) is 5.82 Å². The molecular formula is C25H19FN2O5. The Balaban J connectivity index is 1.94. The molecule has 0 unspecified atom stereocenters. The van der Waals surface area contributed by atoms with E-state index in [1.54, 1.807) is 60.7 Å². The summed E-state index contributed by atoms with van der Waals surface area (Å²) in [6.07, 6.45) is 0. The summed E-state index contributed by atoms with van der Waals surface area (Å²) in [5, 5.41) is 4.42. The molecule has 0 saturated carbocycles. The van der Waals surface area contributed by atoms with E-state index in [0.717, 1.165) is 0 Å². The summed E-state index contributed by atoms with van der Waals surface area (Å²) in [7, 11) is 2.35. The quantitative estimate of drug-likeness (QED) is 0.386. The summed E-state index contributed by atoms with van der Waals surface area (Å²) < 4.78 is 32.3. The highest BCUT2D eigenvalue weighted by Gasteiger charge is 2.32. The van der Waals surface area contributed by atoms with E-state index in [0.29, 0.717) is 11.4 Å². The van der Waals surface area contributed by atoms with Crippen LogP contribution in [-0.2, 0) is 9.47 Å². The molecule has 0 spiro atoms. The van der Waals surface area contributed by atoms with Crippen molar-refractivity contribution in [3.63, 3.8) is 0 Å². The van der Waals surface area contributed by atoms with Crippen LogP contribution >= 0.6 is 0 Å².